The molecule has 0 spiro atoms. The van der Waals surface area contributed by atoms with Crippen molar-refractivity contribution in [3.05, 3.63) is 69.3 Å². The lowest BCUT2D eigenvalue weighted by molar-refractivity contribution is -0.385. The summed E-state index contributed by atoms with van der Waals surface area (Å²) >= 11 is 0. The first kappa shape index (κ1) is 15.7. The highest BCUT2D eigenvalue weighted by Crippen LogP contribution is 2.22. The third-order valence-electron chi connectivity index (χ3n) is 3.36. The Hall–Kier alpha value is -2.73. The van der Waals surface area contributed by atoms with Crippen molar-refractivity contribution < 1.29 is 14.8 Å². The van der Waals surface area contributed by atoms with E-state index >= 15 is 0 Å². The van der Waals surface area contributed by atoms with Crippen LogP contribution in [-0.4, -0.2) is 22.5 Å². The Morgan fingerprint density at radius 1 is 1.23 bits per heavy atom. The van der Waals surface area contributed by atoms with Crippen molar-refractivity contribution in [1.29, 1.82) is 0 Å². The van der Waals surface area contributed by atoms with E-state index in [0.29, 0.717) is 17.7 Å². The smallest absolute Gasteiger partial charge is 0.273 e. The lowest BCUT2D eigenvalue weighted by Crippen LogP contribution is -2.14. The number of aliphatic hydroxyl groups is 1. The monoisotopic (exact) mass is 300 g/mol. The van der Waals surface area contributed by atoms with Crippen molar-refractivity contribution in [2.24, 2.45) is 0 Å². The second-order valence-electron chi connectivity index (χ2n) is 4.83. The summed E-state index contributed by atoms with van der Waals surface area (Å²) in [6.07, 6.45) is 0.554. The molecule has 2 aromatic rings. The van der Waals surface area contributed by atoms with Crippen LogP contribution in [0.3, 0.4) is 0 Å². The number of nitro benzene ring substituents is 1. The predicted octanol–water partition coefficient (Wildman–Crippen LogP) is 2.69. The molecule has 0 saturated heterocycles. The largest absolute Gasteiger partial charge is 0.396 e. The minimum atomic E-state index is -0.504. The van der Waals surface area contributed by atoms with Crippen molar-refractivity contribution in [1.82, 2.24) is 0 Å². The second kappa shape index (κ2) is 6.82. The van der Waals surface area contributed by atoms with Crippen molar-refractivity contribution in [2.45, 2.75) is 13.3 Å². The van der Waals surface area contributed by atoms with Crippen molar-refractivity contribution >= 4 is 17.3 Å². The molecule has 1 amide bonds. The van der Waals surface area contributed by atoms with Gasteiger partial charge in [0.15, 0.2) is 0 Å². The number of aliphatic hydroxyl groups excluding tert-OH is 1. The standard InChI is InChI=1S/C16H16N2O4/c1-11-14(3-2-4-15(11)18(21)22)16(20)17-13-7-5-12(6-8-13)9-10-19/h2-8,19H,9-10H2,1H3,(H,17,20). The molecule has 0 fully saturated rings. The van der Waals surface area contributed by atoms with Crippen LogP contribution in [0.2, 0.25) is 0 Å². The number of nitrogens with one attached hydrogen (secondary N) is 1. The van der Waals surface area contributed by atoms with Crippen LogP contribution < -0.4 is 5.32 Å². The third-order valence-corrected chi connectivity index (χ3v) is 3.36. The van der Waals surface area contributed by atoms with E-state index in [0.717, 1.165) is 5.56 Å². The van der Waals surface area contributed by atoms with Crippen LogP contribution in [0.5, 0.6) is 0 Å². The average molecular weight is 300 g/mol. The predicted molar refractivity (Wildman–Crippen MR) is 83.0 cm³/mol. The molecule has 0 aliphatic carbocycles. The number of nitro groups is 1. The fourth-order valence-electron chi connectivity index (χ4n) is 2.15. The topological polar surface area (TPSA) is 92.5 Å². The SMILES string of the molecule is Cc1c(C(=O)Nc2ccc(CCO)cc2)cccc1[N+](=O)[O-]. The summed E-state index contributed by atoms with van der Waals surface area (Å²) in [5.74, 6) is -0.392. The quantitative estimate of drug-likeness (QED) is 0.656. The number of benzene rings is 2. The number of carbonyl (C=O) groups is 1. The number of rotatable bonds is 5. The Labute approximate surface area is 127 Å². The van der Waals surface area contributed by atoms with Crippen LogP contribution in [0.15, 0.2) is 42.5 Å². The summed E-state index contributed by atoms with van der Waals surface area (Å²) in [7, 11) is 0. The highest BCUT2D eigenvalue weighted by atomic mass is 16.6. The number of anilines is 1. The van der Waals surface area contributed by atoms with Gasteiger partial charge in [0.25, 0.3) is 11.6 Å². The summed E-state index contributed by atoms with van der Waals surface area (Å²) in [6, 6.07) is 11.5. The maximum Gasteiger partial charge on any atom is 0.273 e. The number of carbonyl (C=O) groups excluding carboxylic acids is 1. The zero-order chi connectivity index (χ0) is 16.1. The lowest BCUT2D eigenvalue weighted by atomic mass is 10.1. The highest BCUT2D eigenvalue weighted by Gasteiger charge is 2.17. The normalized spacial score (nSPS) is 10.3. The van der Waals surface area contributed by atoms with Crippen LogP contribution in [-0.2, 0) is 6.42 Å². The molecular weight excluding hydrogens is 284 g/mol. The van der Waals surface area contributed by atoms with Crippen LogP contribution in [0.4, 0.5) is 11.4 Å². The van der Waals surface area contributed by atoms with Crippen molar-refractivity contribution in [3.8, 4) is 0 Å². The molecule has 2 N–H and O–H groups in total. The Morgan fingerprint density at radius 3 is 2.50 bits per heavy atom. The van der Waals surface area contributed by atoms with Gasteiger partial charge < -0.3 is 10.4 Å². The van der Waals surface area contributed by atoms with Gasteiger partial charge in [-0.1, -0.05) is 18.2 Å². The molecule has 2 aromatic carbocycles. The van der Waals surface area contributed by atoms with E-state index in [-0.39, 0.29) is 17.9 Å². The van der Waals surface area contributed by atoms with Crippen LogP contribution in [0, 0.1) is 17.0 Å². The van der Waals surface area contributed by atoms with Gasteiger partial charge in [0.05, 0.1) is 4.92 Å². The summed E-state index contributed by atoms with van der Waals surface area (Å²) < 4.78 is 0. The van der Waals surface area contributed by atoms with E-state index in [9.17, 15) is 14.9 Å². The van der Waals surface area contributed by atoms with Gasteiger partial charge in [0.1, 0.15) is 0 Å². The lowest BCUT2D eigenvalue weighted by Gasteiger charge is -2.08. The first-order valence-corrected chi connectivity index (χ1v) is 6.78. The van der Waals surface area contributed by atoms with Crippen LogP contribution in [0.25, 0.3) is 0 Å². The molecule has 0 unspecified atom stereocenters. The molecule has 0 aliphatic rings. The fourth-order valence-corrected chi connectivity index (χ4v) is 2.15. The Kier molecular flexibility index (Phi) is 4.85. The van der Waals surface area contributed by atoms with Gasteiger partial charge in [0, 0.05) is 29.5 Å². The zero-order valence-corrected chi connectivity index (χ0v) is 12.1. The van der Waals surface area contributed by atoms with E-state index < -0.39 is 10.8 Å². The molecule has 6 nitrogen and oxygen atoms in total. The molecule has 0 bridgehead atoms. The Morgan fingerprint density at radius 2 is 1.91 bits per heavy atom. The molecule has 22 heavy (non-hydrogen) atoms. The van der Waals surface area contributed by atoms with Crippen molar-refractivity contribution in [3.63, 3.8) is 0 Å². The van der Waals surface area contributed by atoms with Gasteiger partial charge in [-0.25, -0.2) is 0 Å². The van der Waals surface area contributed by atoms with Gasteiger partial charge in [-0.3, -0.25) is 14.9 Å². The number of amides is 1. The van der Waals surface area contributed by atoms with Gasteiger partial charge in [-0.15, -0.1) is 0 Å². The molecule has 0 aliphatic heterocycles. The molecular formula is C16H16N2O4. The van der Waals surface area contributed by atoms with E-state index in [2.05, 4.69) is 5.32 Å². The second-order valence-corrected chi connectivity index (χ2v) is 4.83. The maximum atomic E-state index is 12.2. The molecule has 114 valence electrons. The Bertz CT molecular complexity index is 696. The summed E-state index contributed by atoms with van der Waals surface area (Å²) in [5, 5.41) is 22.5. The molecule has 6 heteroatoms. The van der Waals surface area contributed by atoms with E-state index in [1.807, 2.05) is 12.1 Å². The van der Waals surface area contributed by atoms with Gasteiger partial charge in [0.2, 0.25) is 0 Å². The summed E-state index contributed by atoms with van der Waals surface area (Å²) in [4.78, 5) is 22.6. The fraction of sp³-hybridized carbons (Fsp3) is 0.188. The van der Waals surface area contributed by atoms with Gasteiger partial charge in [-0.2, -0.15) is 0 Å². The number of hydrogen-bond donors (Lipinski definition) is 2. The Balaban J connectivity index is 2.19. The van der Waals surface area contributed by atoms with Crippen molar-refractivity contribution in [2.75, 3.05) is 11.9 Å². The van der Waals surface area contributed by atoms with Crippen LogP contribution in [0.1, 0.15) is 21.5 Å². The molecule has 0 saturated carbocycles. The summed E-state index contributed by atoms with van der Waals surface area (Å²) in [6.45, 7) is 1.62. The van der Waals surface area contributed by atoms with E-state index in [4.69, 9.17) is 5.11 Å². The zero-order valence-electron chi connectivity index (χ0n) is 12.1. The minimum absolute atomic E-state index is 0.0680. The van der Waals surface area contributed by atoms with E-state index in [1.165, 1.54) is 12.1 Å². The molecule has 2 rings (SSSR count). The third kappa shape index (κ3) is 3.48. The maximum absolute atomic E-state index is 12.2. The number of hydrogen-bond acceptors (Lipinski definition) is 4. The highest BCUT2D eigenvalue weighted by molar-refractivity contribution is 6.05. The van der Waals surface area contributed by atoms with Crippen LogP contribution >= 0.6 is 0 Å². The molecule has 0 atom stereocenters. The molecule has 0 radical (unpaired) electrons. The summed E-state index contributed by atoms with van der Waals surface area (Å²) in [5.41, 5.74) is 2.09. The van der Waals surface area contributed by atoms with E-state index in [1.54, 1.807) is 25.1 Å². The average Bonchev–Trinajstić information content (AvgIpc) is 2.49. The first-order valence-electron chi connectivity index (χ1n) is 6.78. The van der Waals surface area contributed by atoms with Gasteiger partial charge >= 0.3 is 0 Å². The van der Waals surface area contributed by atoms with Gasteiger partial charge in [-0.05, 0) is 37.1 Å². The first-order chi connectivity index (χ1) is 10.5. The minimum Gasteiger partial charge on any atom is -0.396 e. The molecule has 0 aromatic heterocycles. The number of nitrogens with zero attached hydrogens (tertiary/aromatic N) is 1. The molecule has 0 heterocycles.